The summed E-state index contributed by atoms with van der Waals surface area (Å²) in [6, 6.07) is 0.697. The number of anilines is 2. The van der Waals surface area contributed by atoms with Gasteiger partial charge < -0.3 is 20.9 Å². The van der Waals surface area contributed by atoms with E-state index in [-0.39, 0.29) is 11.2 Å². The minimum absolute atomic E-state index is 0.224. The molecule has 6 nitrogen and oxygen atoms in total. The quantitative estimate of drug-likeness (QED) is 0.751. The van der Waals surface area contributed by atoms with E-state index in [1.54, 1.807) is 0 Å². The highest BCUT2D eigenvalue weighted by atomic mass is 16.1. The van der Waals surface area contributed by atoms with Crippen LogP contribution in [0.1, 0.15) is 39.5 Å². The molecule has 1 fully saturated rings. The van der Waals surface area contributed by atoms with Crippen LogP contribution in [0, 0.1) is 0 Å². The highest BCUT2D eigenvalue weighted by molar-refractivity contribution is 5.61. The van der Waals surface area contributed by atoms with Gasteiger partial charge in [-0.25, -0.2) is 4.98 Å². The molecule has 1 aromatic rings. The molecule has 0 aromatic carbocycles. The van der Waals surface area contributed by atoms with Crippen molar-refractivity contribution in [2.45, 2.75) is 51.6 Å². The molecule has 1 aliphatic heterocycles. The number of hydrogen-bond acceptors (Lipinski definition) is 5. The summed E-state index contributed by atoms with van der Waals surface area (Å²) in [6.45, 7) is 6.27. The third kappa shape index (κ3) is 3.12. The second-order valence-electron chi connectivity index (χ2n) is 5.47. The highest BCUT2D eigenvalue weighted by Gasteiger charge is 2.29. The van der Waals surface area contributed by atoms with Crippen LogP contribution in [-0.4, -0.2) is 35.1 Å². The summed E-state index contributed by atoms with van der Waals surface area (Å²) in [7, 11) is 0. The zero-order valence-electron chi connectivity index (χ0n) is 12.4. The van der Waals surface area contributed by atoms with E-state index in [1.165, 1.54) is 12.7 Å². The second-order valence-corrected chi connectivity index (χ2v) is 5.47. The summed E-state index contributed by atoms with van der Waals surface area (Å²) in [5.41, 5.74) is 5.88. The van der Waals surface area contributed by atoms with Crippen molar-refractivity contribution < 1.29 is 0 Å². The molecule has 1 aromatic heterocycles. The summed E-state index contributed by atoms with van der Waals surface area (Å²) in [5.74, 6) is 0.628. The maximum absolute atomic E-state index is 11.7. The van der Waals surface area contributed by atoms with Gasteiger partial charge in [0.15, 0.2) is 5.82 Å². The molecule has 0 aliphatic carbocycles. The first-order valence-electron chi connectivity index (χ1n) is 7.48. The summed E-state index contributed by atoms with van der Waals surface area (Å²) < 4.78 is 0. The fourth-order valence-corrected chi connectivity index (χ4v) is 2.88. The number of nitrogens with zero attached hydrogens (tertiary/aromatic N) is 2. The van der Waals surface area contributed by atoms with Crippen LogP contribution < -0.4 is 21.5 Å². The molecule has 4 N–H and O–H groups in total. The van der Waals surface area contributed by atoms with Crippen molar-refractivity contribution in [3.05, 3.63) is 16.7 Å². The van der Waals surface area contributed by atoms with Crippen molar-refractivity contribution in [1.29, 1.82) is 0 Å². The van der Waals surface area contributed by atoms with E-state index in [9.17, 15) is 4.79 Å². The van der Waals surface area contributed by atoms with E-state index in [1.807, 2.05) is 0 Å². The molecule has 0 spiro atoms. The maximum Gasteiger partial charge on any atom is 0.276 e. The van der Waals surface area contributed by atoms with E-state index in [0.717, 1.165) is 32.4 Å². The Morgan fingerprint density at radius 3 is 3.15 bits per heavy atom. The monoisotopic (exact) mass is 279 g/mol. The van der Waals surface area contributed by atoms with Gasteiger partial charge in [-0.15, -0.1) is 0 Å². The van der Waals surface area contributed by atoms with Gasteiger partial charge in [0.25, 0.3) is 5.56 Å². The summed E-state index contributed by atoms with van der Waals surface area (Å²) in [5, 5.41) is 3.54. The van der Waals surface area contributed by atoms with E-state index in [0.29, 0.717) is 17.9 Å². The van der Waals surface area contributed by atoms with Crippen molar-refractivity contribution in [2.24, 2.45) is 0 Å². The standard InChI is InChI=1S/C14H25N5O/c1-3-7-16-10(2)11-6-4-5-8-19(11)13-12(15)14(20)18-9-17-13/h9-11,16H,3-8,15H2,1-2H3,(H,17,18,20). The Morgan fingerprint density at radius 2 is 2.40 bits per heavy atom. The molecule has 0 radical (unpaired) electrons. The lowest BCUT2D eigenvalue weighted by Gasteiger charge is -2.40. The molecule has 6 heteroatoms. The fraction of sp³-hybridized carbons (Fsp3) is 0.714. The first-order chi connectivity index (χ1) is 9.65. The van der Waals surface area contributed by atoms with Crippen LogP contribution in [0.3, 0.4) is 0 Å². The van der Waals surface area contributed by atoms with E-state index < -0.39 is 0 Å². The normalized spacial score (nSPS) is 20.9. The maximum atomic E-state index is 11.7. The molecule has 2 heterocycles. The van der Waals surface area contributed by atoms with E-state index in [2.05, 4.69) is 34.0 Å². The Hall–Kier alpha value is -1.56. The lowest BCUT2D eigenvalue weighted by molar-refractivity contribution is 0.366. The van der Waals surface area contributed by atoms with E-state index in [4.69, 9.17) is 5.73 Å². The Morgan fingerprint density at radius 1 is 1.60 bits per heavy atom. The molecule has 20 heavy (non-hydrogen) atoms. The minimum Gasteiger partial charge on any atom is -0.391 e. The number of nitrogens with one attached hydrogen (secondary N) is 2. The van der Waals surface area contributed by atoms with Gasteiger partial charge in [-0.2, -0.15) is 0 Å². The first kappa shape index (κ1) is 14.8. The molecule has 112 valence electrons. The predicted octanol–water partition coefficient (Wildman–Crippen LogP) is 1.10. The lowest BCUT2D eigenvalue weighted by Crippen LogP contribution is -2.52. The number of piperidine rings is 1. The van der Waals surface area contributed by atoms with Gasteiger partial charge in [-0.05, 0) is 39.2 Å². The number of nitrogens with two attached hydrogens (primary N) is 1. The van der Waals surface area contributed by atoms with Crippen LogP contribution in [0.4, 0.5) is 11.5 Å². The SMILES string of the molecule is CCCNC(C)C1CCCCN1c1nc[nH]c(=O)c1N. The fourth-order valence-electron chi connectivity index (χ4n) is 2.88. The molecular weight excluding hydrogens is 254 g/mol. The lowest BCUT2D eigenvalue weighted by atomic mass is 9.96. The average Bonchev–Trinajstić information content (AvgIpc) is 2.47. The number of nitrogen functional groups attached to an aromatic ring is 1. The van der Waals surface area contributed by atoms with Gasteiger partial charge in [-0.3, -0.25) is 4.79 Å². The van der Waals surface area contributed by atoms with Crippen LogP contribution in [0.15, 0.2) is 11.1 Å². The summed E-state index contributed by atoms with van der Waals surface area (Å²) in [6.07, 6.45) is 5.98. The Labute approximate surface area is 119 Å². The first-order valence-corrected chi connectivity index (χ1v) is 7.48. The third-order valence-electron chi connectivity index (χ3n) is 3.98. The molecule has 1 aliphatic rings. The van der Waals surface area contributed by atoms with E-state index >= 15 is 0 Å². The number of hydrogen-bond donors (Lipinski definition) is 3. The van der Waals surface area contributed by atoms with Gasteiger partial charge in [0.05, 0.1) is 6.33 Å². The van der Waals surface area contributed by atoms with Crippen molar-refractivity contribution >= 4 is 11.5 Å². The third-order valence-corrected chi connectivity index (χ3v) is 3.98. The van der Waals surface area contributed by atoms with Crippen molar-refractivity contribution in [3.8, 4) is 0 Å². The average molecular weight is 279 g/mol. The largest absolute Gasteiger partial charge is 0.391 e. The number of aromatic amines is 1. The highest BCUT2D eigenvalue weighted by Crippen LogP contribution is 2.27. The molecule has 0 bridgehead atoms. The van der Waals surface area contributed by atoms with Crippen molar-refractivity contribution in [1.82, 2.24) is 15.3 Å². The topological polar surface area (TPSA) is 87.0 Å². The predicted molar refractivity (Wildman–Crippen MR) is 82.0 cm³/mol. The number of rotatable bonds is 5. The van der Waals surface area contributed by atoms with Gasteiger partial charge in [0.2, 0.25) is 0 Å². The molecule has 2 atom stereocenters. The van der Waals surface area contributed by atoms with Gasteiger partial charge in [0, 0.05) is 18.6 Å². The zero-order chi connectivity index (χ0) is 14.5. The zero-order valence-corrected chi connectivity index (χ0v) is 12.4. The van der Waals surface area contributed by atoms with Gasteiger partial charge in [-0.1, -0.05) is 6.92 Å². The molecule has 0 amide bonds. The van der Waals surface area contributed by atoms with Crippen molar-refractivity contribution in [2.75, 3.05) is 23.7 Å². The second kappa shape index (κ2) is 6.74. The summed E-state index contributed by atoms with van der Waals surface area (Å²) in [4.78, 5) is 20.7. The molecular formula is C14H25N5O. The summed E-state index contributed by atoms with van der Waals surface area (Å²) >= 11 is 0. The van der Waals surface area contributed by atoms with Crippen LogP contribution >= 0.6 is 0 Å². The van der Waals surface area contributed by atoms with Crippen LogP contribution in [0.2, 0.25) is 0 Å². The molecule has 0 saturated carbocycles. The van der Waals surface area contributed by atoms with Crippen LogP contribution in [-0.2, 0) is 0 Å². The van der Waals surface area contributed by atoms with Gasteiger partial charge >= 0.3 is 0 Å². The van der Waals surface area contributed by atoms with Gasteiger partial charge in [0.1, 0.15) is 5.69 Å². The smallest absolute Gasteiger partial charge is 0.276 e. The Balaban J connectivity index is 2.22. The number of aromatic nitrogens is 2. The minimum atomic E-state index is -0.256. The van der Waals surface area contributed by atoms with Crippen LogP contribution in [0.25, 0.3) is 0 Å². The molecule has 1 saturated heterocycles. The van der Waals surface area contributed by atoms with Crippen molar-refractivity contribution in [3.63, 3.8) is 0 Å². The molecule has 2 unspecified atom stereocenters. The Bertz CT molecular complexity index is 487. The molecule has 2 rings (SSSR count). The van der Waals surface area contributed by atoms with Crippen LogP contribution in [0.5, 0.6) is 0 Å². The number of H-pyrrole nitrogens is 1. The Kier molecular flexibility index (Phi) is 5.00.